The molecule has 1 aromatic carbocycles. The van der Waals surface area contributed by atoms with E-state index in [0.29, 0.717) is 0 Å². The van der Waals surface area contributed by atoms with Gasteiger partial charge in [0.15, 0.2) is 0 Å². The van der Waals surface area contributed by atoms with Crippen LogP contribution in [0.4, 0.5) is 0 Å². The smallest absolute Gasteiger partial charge is 0.00767 e. The summed E-state index contributed by atoms with van der Waals surface area (Å²) in [4.78, 5) is 0. The number of nitrogens with two attached hydrogens (primary N) is 1. The van der Waals surface area contributed by atoms with Crippen molar-refractivity contribution in [3.05, 3.63) is 35.9 Å². The van der Waals surface area contributed by atoms with Crippen molar-refractivity contribution in [1.82, 2.24) is 5.32 Å². The molecule has 3 N–H and O–H groups in total. The van der Waals surface area contributed by atoms with Crippen molar-refractivity contribution in [3.63, 3.8) is 0 Å². The lowest BCUT2D eigenvalue weighted by molar-refractivity contribution is 0.225. The van der Waals surface area contributed by atoms with Crippen molar-refractivity contribution < 1.29 is 0 Å². The van der Waals surface area contributed by atoms with Crippen molar-refractivity contribution in [2.24, 2.45) is 5.73 Å². The number of hydrogen-bond donors (Lipinski definition) is 2. The van der Waals surface area contributed by atoms with E-state index >= 15 is 0 Å². The van der Waals surface area contributed by atoms with Crippen LogP contribution in [-0.2, 0) is 5.41 Å². The van der Waals surface area contributed by atoms with Crippen LogP contribution >= 0.6 is 24.8 Å². The first-order valence-electron chi connectivity index (χ1n) is 8.84. The van der Waals surface area contributed by atoms with Crippen molar-refractivity contribution in [2.45, 2.75) is 75.3 Å². The first-order chi connectivity index (χ1) is 10.3. The average Bonchev–Trinajstić information content (AvgIpc) is 2.58. The van der Waals surface area contributed by atoms with Gasteiger partial charge in [0, 0.05) is 24.0 Å². The highest BCUT2D eigenvalue weighted by Gasteiger charge is 2.36. The van der Waals surface area contributed by atoms with Gasteiger partial charge >= 0.3 is 0 Å². The van der Waals surface area contributed by atoms with E-state index < -0.39 is 0 Å². The van der Waals surface area contributed by atoms with Crippen LogP contribution in [-0.4, -0.2) is 18.6 Å². The Balaban J connectivity index is 0.00000132. The summed E-state index contributed by atoms with van der Waals surface area (Å²) in [5, 5.41) is 3.93. The normalized spacial score (nSPS) is 28.5. The lowest BCUT2D eigenvalue weighted by Gasteiger charge is -2.41. The molecule has 4 heteroatoms. The van der Waals surface area contributed by atoms with Crippen molar-refractivity contribution in [1.29, 1.82) is 0 Å². The Hall–Kier alpha value is -0.280. The quantitative estimate of drug-likeness (QED) is 0.825. The fourth-order valence-electron chi connectivity index (χ4n) is 4.34. The van der Waals surface area contributed by atoms with Crippen LogP contribution in [0.3, 0.4) is 0 Å². The summed E-state index contributed by atoms with van der Waals surface area (Å²) in [6.07, 6.45) is 12.1. The third kappa shape index (κ3) is 5.09. The number of hydrogen-bond acceptors (Lipinski definition) is 2. The highest BCUT2D eigenvalue weighted by Crippen LogP contribution is 2.39. The van der Waals surface area contributed by atoms with Crippen molar-refractivity contribution in [3.8, 4) is 0 Å². The molecule has 0 bridgehead atoms. The SMILES string of the molecule is Cl.Cl.NC[C@]1(c2ccccc2)CC[C@H](NC2CCCCC2)CC1. The number of halogens is 2. The van der Waals surface area contributed by atoms with Crippen LogP contribution in [0.25, 0.3) is 0 Å². The van der Waals surface area contributed by atoms with Gasteiger partial charge in [-0.15, -0.1) is 24.8 Å². The molecule has 1 aromatic rings. The van der Waals surface area contributed by atoms with Gasteiger partial charge in [0.05, 0.1) is 0 Å². The zero-order valence-corrected chi connectivity index (χ0v) is 15.6. The van der Waals surface area contributed by atoms with Crippen LogP contribution in [0.5, 0.6) is 0 Å². The zero-order chi connectivity index (χ0) is 14.5. The zero-order valence-electron chi connectivity index (χ0n) is 14.0. The molecule has 0 spiro atoms. The first kappa shape index (κ1) is 20.8. The van der Waals surface area contributed by atoms with E-state index in [2.05, 4.69) is 35.6 Å². The fraction of sp³-hybridized carbons (Fsp3) is 0.684. The molecule has 0 aliphatic heterocycles. The van der Waals surface area contributed by atoms with Crippen molar-refractivity contribution in [2.75, 3.05) is 6.54 Å². The average molecular weight is 359 g/mol. The molecule has 0 atom stereocenters. The molecule has 0 saturated heterocycles. The van der Waals surface area contributed by atoms with Gasteiger partial charge in [-0.1, -0.05) is 49.6 Å². The molecule has 2 saturated carbocycles. The molecule has 2 aliphatic rings. The van der Waals surface area contributed by atoms with Gasteiger partial charge in [-0.25, -0.2) is 0 Å². The van der Waals surface area contributed by atoms with Crippen LogP contribution in [0, 0.1) is 0 Å². The summed E-state index contributed by atoms with van der Waals surface area (Å²) in [6, 6.07) is 12.4. The first-order valence-corrected chi connectivity index (χ1v) is 8.84. The third-order valence-electron chi connectivity index (χ3n) is 5.80. The van der Waals surface area contributed by atoms with E-state index in [1.807, 2.05) is 0 Å². The Labute approximate surface area is 153 Å². The van der Waals surface area contributed by atoms with Gasteiger partial charge in [0.25, 0.3) is 0 Å². The van der Waals surface area contributed by atoms with Gasteiger partial charge in [-0.2, -0.15) is 0 Å². The molecule has 2 nitrogen and oxygen atoms in total. The number of nitrogens with one attached hydrogen (secondary N) is 1. The maximum absolute atomic E-state index is 6.18. The van der Waals surface area contributed by atoms with E-state index in [1.165, 1.54) is 63.4 Å². The maximum atomic E-state index is 6.18. The van der Waals surface area contributed by atoms with E-state index in [1.54, 1.807) is 0 Å². The molecule has 0 radical (unpaired) electrons. The van der Waals surface area contributed by atoms with Crippen LogP contribution in [0.2, 0.25) is 0 Å². The molecule has 2 aliphatic carbocycles. The van der Waals surface area contributed by atoms with E-state index in [4.69, 9.17) is 5.73 Å². The van der Waals surface area contributed by atoms with E-state index in [9.17, 15) is 0 Å². The second-order valence-corrected chi connectivity index (χ2v) is 7.13. The Bertz CT molecular complexity index is 424. The summed E-state index contributed by atoms with van der Waals surface area (Å²) in [5.41, 5.74) is 7.86. The molecule has 0 unspecified atom stereocenters. The van der Waals surface area contributed by atoms with E-state index in [-0.39, 0.29) is 30.2 Å². The monoisotopic (exact) mass is 358 g/mol. The van der Waals surface area contributed by atoms with E-state index in [0.717, 1.165) is 18.6 Å². The Kier molecular flexibility index (Phi) is 8.92. The molecule has 0 amide bonds. The lowest BCUT2D eigenvalue weighted by atomic mass is 9.68. The Morgan fingerprint density at radius 2 is 1.43 bits per heavy atom. The predicted molar refractivity (Wildman–Crippen MR) is 104 cm³/mol. The second-order valence-electron chi connectivity index (χ2n) is 7.13. The standard InChI is InChI=1S/C19H30N2.2ClH/c20-15-19(16-7-3-1-4-8-16)13-11-18(12-14-19)21-17-9-5-2-6-10-17;;/h1,3-4,7-8,17-18,21H,2,5-6,9-15,20H2;2*1H/t18-,19-;;. The van der Waals surface area contributed by atoms with Gasteiger partial charge < -0.3 is 11.1 Å². The summed E-state index contributed by atoms with van der Waals surface area (Å²) in [6.45, 7) is 0.785. The highest BCUT2D eigenvalue weighted by molar-refractivity contribution is 5.85. The second kappa shape index (κ2) is 9.88. The molecule has 132 valence electrons. The maximum Gasteiger partial charge on any atom is 0.00767 e. The summed E-state index contributed by atoms with van der Waals surface area (Å²) in [5.74, 6) is 0. The summed E-state index contributed by atoms with van der Waals surface area (Å²) in [7, 11) is 0. The highest BCUT2D eigenvalue weighted by atomic mass is 35.5. The number of benzene rings is 1. The molecule has 3 rings (SSSR count). The van der Waals surface area contributed by atoms with Crippen LogP contribution in [0.1, 0.15) is 63.4 Å². The minimum atomic E-state index is 0. The molecular formula is C19H32Cl2N2. The third-order valence-corrected chi connectivity index (χ3v) is 5.80. The minimum absolute atomic E-state index is 0. The topological polar surface area (TPSA) is 38.0 Å². The fourth-order valence-corrected chi connectivity index (χ4v) is 4.34. The molecule has 23 heavy (non-hydrogen) atoms. The Morgan fingerprint density at radius 3 is 2.00 bits per heavy atom. The number of rotatable bonds is 4. The van der Waals surface area contributed by atoms with Crippen LogP contribution < -0.4 is 11.1 Å². The van der Waals surface area contributed by atoms with Gasteiger partial charge in [0.1, 0.15) is 0 Å². The predicted octanol–water partition coefficient (Wildman–Crippen LogP) is 4.59. The van der Waals surface area contributed by atoms with Gasteiger partial charge in [-0.3, -0.25) is 0 Å². The van der Waals surface area contributed by atoms with Gasteiger partial charge in [-0.05, 0) is 44.1 Å². The molecule has 0 aromatic heterocycles. The molecular weight excluding hydrogens is 327 g/mol. The largest absolute Gasteiger partial charge is 0.330 e. The minimum Gasteiger partial charge on any atom is -0.330 e. The Morgan fingerprint density at radius 1 is 0.870 bits per heavy atom. The summed E-state index contributed by atoms with van der Waals surface area (Å²) < 4.78 is 0. The molecule has 2 fully saturated rings. The van der Waals surface area contributed by atoms with Gasteiger partial charge in [0.2, 0.25) is 0 Å². The summed E-state index contributed by atoms with van der Waals surface area (Å²) >= 11 is 0. The van der Waals surface area contributed by atoms with Crippen molar-refractivity contribution >= 4 is 24.8 Å². The van der Waals surface area contributed by atoms with Crippen LogP contribution in [0.15, 0.2) is 30.3 Å². The molecule has 0 heterocycles. The lowest BCUT2D eigenvalue weighted by Crippen LogP contribution is -2.46.